The quantitative estimate of drug-likeness (QED) is 0.114. The molecule has 0 unspecified atom stereocenters. The van der Waals surface area contributed by atoms with E-state index in [2.05, 4.69) is 6.92 Å². The van der Waals surface area contributed by atoms with Gasteiger partial charge in [0.2, 0.25) is 0 Å². The summed E-state index contributed by atoms with van der Waals surface area (Å²) in [6.45, 7) is 6.11. The predicted molar refractivity (Wildman–Crippen MR) is 115 cm³/mol. The van der Waals surface area contributed by atoms with Crippen LogP contribution >= 0.6 is 0 Å². The zero-order valence-corrected chi connectivity index (χ0v) is 18.8. The Hall–Kier alpha value is -1.72. The minimum Gasteiger partial charge on any atom is -0.484 e. The zero-order valence-electron chi connectivity index (χ0n) is 18.8. The van der Waals surface area contributed by atoms with E-state index in [1.165, 1.54) is 64.2 Å². The van der Waals surface area contributed by atoms with Crippen molar-refractivity contribution in [1.29, 1.82) is 0 Å². The summed E-state index contributed by atoms with van der Waals surface area (Å²) in [6.07, 6.45) is 16.2. The molecule has 0 bridgehead atoms. The summed E-state index contributed by atoms with van der Waals surface area (Å²) in [6, 6.07) is 0. The van der Waals surface area contributed by atoms with Crippen molar-refractivity contribution in [2.45, 2.75) is 104 Å². The highest BCUT2D eigenvalue weighted by molar-refractivity contribution is 5.96. The highest BCUT2D eigenvalue weighted by atomic mass is 16.6. The van der Waals surface area contributed by atoms with Gasteiger partial charge >= 0.3 is 11.9 Å². The molecule has 0 aromatic heterocycles. The first-order chi connectivity index (χ1) is 14.1. The van der Waals surface area contributed by atoms with Crippen molar-refractivity contribution >= 4 is 11.9 Å². The minimum atomic E-state index is -1.34. The van der Waals surface area contributed by atoms with E-state index < -0.39 is 17.7 Å². The van der Waals surface area contributed by atoms with Crippen molar-refractivity contribution in [3.05, 3.63) is 11.5 Å². The molecule has 0 atom stereocenters. The van der Waals surface area contributed by atoms with Crippen molar-refractivity contribution in [1.82, 2.24) is 0 Å². The van der Waals surface area contributed by atoms with Crippen LogP contribution < -0.4 is 0 Å². The normalized spacial score (nSPS) is 11.7. The summed E-state index contributed by atoms with van der Waals surface area (Å²) >= 11 is 0. The lowest BCUT2D eigenvalue weighted by Gasteiger charge is -2.12. The highest BCUT2D eigenvalue weighted by Gasteiger charge is 2.25. The van der Waals surface area contributed by atoms with E-state index in [-0.39, 0.29) is 25.6 Å². The average Bonchev–Trinajstić information content (AvgIpc) is 2.70. The van der Waals surface area contributed by atoms with Crippen LogP contribution in [-0.2, 0) is 23.8 Å². The third-order valence-corrected chi connectivity index (χ3v) is 4.64. The molecular weight excluding hydrogens is 372 g/mol. The van der Waals surface area contributed by atoms with Crippen LogP contribution in [0.1, 0.15) is 104 Å². The summed E-state index contributed by atoms with van der Waals surface area (Å²) in [5.41, 5.74) is 0. The van der Waals surface area contributed by atoms with Gasteiger partial charge < -0.3 is 19.3 Å². The first-order valence-corrected chi connectivity index (χ1v) is 11.5. The van der Waals surface area contributed by atoms with E-state index >= 15 is 0 Å². The Bertz CT molecular complexity index is 458. The molecule has 170 valence electrons. The Kier molecular flexibility index (Phi) is 18.4. The molecule has 1 N–H and O–H groups in total. The summed E-state index contributed by atoms with van der Waals surface area (Å²) in [5, 5.41) is 9.17. The largest absolute Gasteiger partial charge is 0.484 e. The van der Waals surface area contributed by atoms with Crippen LogP contribution in [0.5, 0.6) is 0 Å². The maximum atomic E-state index is 12.1. The number of carboxylic acid groups (broad SMARTS) is 1. The third kappa shape index (κ3) is 14.9. The summed E-state index contributed by atoms with van der Waals surface area (Å²) in [5.74, 6) is -2.98. The van der Waals surface area contributed by atoms with Crippen LogP contribution in [0, 0.1) is 0 Å². The van der Waals surface area contributed by atoms with Gasteiger partial charge in [-0.25, -0.2) is 9.59 Å². The Balaban J connectivity index is 3.84. The molecule has 0 aromatic carbocycles. The lowest BCUT2D eigenvalue weighted by molar-refractivity contribution is -0.146. The van der Waals surface area contributed by atoms with Crippen LogP contribution in [0.2, 0.25) is 0 Å². The second-order valence-electron chi connectivity index (χ2n) is 7.21. The molecule has 0 saturated carbocycles. The molecule has 6 nitrogen and oxygen atoms in total. The second kappa shape index (κ2) is 19.6. The molecule has 0 aliphatic heterocycles. The van der Waals surface area contributed by atoms with Crippen LogP contribution in [0.3, 0.4) is 0 Å². The molecule has 6 heteroatoms. The molecular formula is C23H42O6. The van der Waals surface area contributed by atoms with Crippen LogP contribution in [0.4, 0.5) is 0 Å². The van der Waals surface area contributed by atoms with E-state index in [1.54, 1.807) is 13.8 Å². The van der Waals surface area contributed by atoms with Crippen molar-refractivity contribution in [3.63, 3.8) is 0 Å². The van der Waals surface area contributed by atoms with Gasteiger partial charge in [-0.3, -0.25) is 0 Å². The number of aliphatic carboxylic acids is 1. The van der Waals surface area contributed by atoms with Gasteiger partial charge in [0.05, 0.1) is 19.8 Å². The van der Waals surface area contributed by atoms with Gasteiger partial charge in [0.25, 0.3) is 11.5 Å². The van der Waals surface area contributed by atoms with Gasteiger partial charge in [-0.15, -0.1) is 0 Å². The topological polar surface area (TPSA) is 82.1 Å². The molecule has 0 fully saturated rings. The number of esters is 1. The highest BCUT2D eigenvalue weighted by Crippen LogP contribution is 2.14. The summed E-state index contributed by atoms with van der Waals surface area (Å²) in [4.78, 5) is 23.4. The number of carbonyl (C=O) groups excluding carboxylic acids is 1. The smallest absolute Gasteiger partial charge is 0.377 e. The van der Waals surface area contributed by atoms with E-state index in [0.29, 0.717) is 0 Å². The zero-order chi connectivity index (χ0) is 21.7. The van der Waals surface area contributed by atoms with Crippen molar-refractivity contribution in [3.8, 4) is 0 Å². The molecule has 0 saturated heterocycles. The van der Waals surface area contributed by atoms with Gasteiger partial charge in [0.15, 0.2) is 0 Å². The van der Waals surface area contributed by atoms with Gasteiger partial charge in [-0.2, -0.15) is 0 Å². The molecule has 0 rings (SSSR count). The SMILES string of the molecule is CCCCCCCCCCCCCCCOC(=O)C(OCC)=C(OCC)C(=O)O. The van der Waals surface area contributed by atoms with Gasteiger partial charge in [0, 0.05) is 0 Å². The first kappa shape index (κ1) is 27.3. The summed E-state index contributed by atoms with van der Waals surface area (Å²) < 4.78 is 15.3. The maximum Gasteiger partial charge on any atom is 0.377 e. The first-order valence-electron chi connectivity index (χ1n) is 11.5. The lowest BCUT2D eigenvalue weighted by atomic mass is 10.0. The summed E-state index contributed by atoms with van der Waals surface area (Å²) in [7, 11) is 0. The molecule has 0 radical (unpaired) electrons. The number of ether oxygens (including phenoxy) is 3. The number of rotatable bonds is 20. The van der Waals surface area contributed by atoms with Crippen molar-refractivity contribution in [2.75, 3.05) is 19.8 Å². The Morgan fingerprint density at radius 1 is 0.586 bits per heavy atom. The molecule has 0 heterocycles. The second-order valence-corrected chi connectivity index (χ2v) is 7.21. The molecule has 0 amide bonds. The van der Waals surface area contributed by atoms with Gasteiger partial charge in [-0.05, 0) is 20.3 Å². The average molecular weight is 415 g/mol. The fraction of sp³-hybridized carbons (Fsp3) is 0.826. The number of unbranched alkanes of at least 4 members (excludes halogenated alkanes) is 12. The number of carbonyl (C=O) groups is 2. The van der Waals surface area contributed by atoms with E-state index in [1.807, 2.05) is 0 Å². The lowest BCUT2D eigenvalue weighted by Crippen LogP contribution is -2.19. The maximum absolute atomic E-state index is 12.1. The molecule has 29 heavy (non-hydrogen) atoms. The number of hydrogen-bond donors (Lipinski definition) is 1. The Labute approximate surface area is 177 Å². The van der Waals surface area contributed by atoms with Crippen LogP contribution in [0.25, 0.3) is 0 Å². The fourth-order valence-corrected chi connectivity index (χ4v) is 3.08. The van der Waals surface area contributed by atoms with E-state index in [0.717, 1.165) is 19.3 Å². The fourth-order valence-electron chi connectivity index (χ4n) is 3.08. The number of carboxylic acids is 1. The van der Waals surface area contributed by atoms with E-state index in [9.17, 15) is 14.7 Å². The van der Waals surface area contributed by atoms with Gasteiger partial charge in [-0.1, -0.05) is 84.0 Å². The standard InChI is InChI=1S/C23H42O6/c1-4-7-8-9-10-11-12-13-14-15-16-17-18-19-29-23(26)21(28-6-3)20(22(24)25)27-5-2/h4-19H2,1-3H3,(H,24,25). The van der Waals surface area contributed by atoms with Crippen LogP contribution in [0.15, 0.2) is 11.5 Å². The predicted octanol–water partition coefficient (Wildman–Crippen LogP) is 5.99. The monoisotopic (exact) mass is 414 g/mol. The molecule has 0 aromatic rings. The van der Waals surface area contributed by atoms with Gasteiger partial charge in [0.1, 0.15) is 0 Å². The molecule has 0 aliphatic rings. The Morgan fingerprint density at radius 3 is 1.41 bits per heavy atom. The van der Waals surface area contributed by atoms with Crippen LogP contribution in [-0.4, -0.2) is 36.9 Å². The van der Waals surface area contributed by atoms with Crippen molar-refractivity contribution < 1.29 is 28.9 Å². The third-order valence-electron chi connectivity index (χ3n) is 4.64. The minimum absolute atomic E-state index is 0.129. The Morgan fingerprint density at radius 2 is 1.00 bits per heavy atom. The van der Waals surface area contributed by atoms with E-state index in [4.69, 9.17) is 14.2 Å². The molecule has 0 spiro atoms. The molecule has 0 aliphatic carbocycles. The number of hydrogen-bond acceptors (Lipinski definition) is 5. The van der Waals surface area contributed by atoms with Crippen molar-refractivity contribution in [2.24, 2.45) is 0 Å².